The van der Waals surface area contributed by atoms with Gasteiger partial charge in [0.2, 0.25) is 5.91 Å². The van der Waals surface area contributed by atoms with Gasteiger partial charge in [0.05, 0.1) is 23.9 Å². The Labute approximate surface area is 122 Å². The van der Waals surface area contributed by atoms with Gasteiger partial charge in [0.25, 0.3) is 0 Å². The van der Waals surface area contributed by atoms with E-state index in [0.29, 0.717) is 0 Å². The Bertz CT molecular complexity index is 836. The standard InChI is InChI=1S/C14H15N3O3S/c1-10-3-2-5-17-12(8-15-14(10)17)7-13(18)16-11-4-6-21(19,20)9-11/h2-6,8,11H,7,9H2,1H3,(H,16,18). The van der Waals surface area contributed by atoms with E-state index in [9.17, 15) is 13.2 Å². The molecule has 1 aliphatic heterocycles. The molecule has 0 aromatic carbocycles. The maximum Gasteiger partial charge on any atom is 0.226 e. The molecule has 0 radical (unpaired) electrons. The summed E-state index contributed by atoms with van der Waals surface area (Å²) in [6.45, 7) is 1.96. The Balaban J connectivity index is 1.73. The quantitative estimate of drug-likeness (QED) is 0.901. The van der Waals surface area contributed by atoms with E-state index in [0.717, 1.165) is 22.3 Å². The molecule has 2 aromatic rings. The highest BCUT2D eigenvalue weighted by Gasteiger charge is 2.23. The van der Waals surface area contributed by atoms with Crippen molar-refractivity contribution in [2.75, 3.05) is 5.75 Å². The van der Waals surface area contributed by atoms with E-state index in [1.54, 1.807) is 6.20 Å². The third-order valence-electron chi connectivity index (χ3n) is 3.43. The SMILES string of the molecule is Cc1cccn2c(CC(=O)NC3C=CS(=O)(=O)C3)cnc12. The molecule has 3 rings (SSSR count). The number of carbonyl (C=O) groups is 1. The number of nitrogens with zero attached hydrogens (tertiary/aromatic N) is 2. The van der Waals surface area contributed by atoms with Crippen molar-refractivity contribution in [3.8, 4) is 0 Å². The number of pyridine rings is 1. The molecule has 1 amide bonds. The van der Waals surface area contributed by atoms with Gasteiger partial charge in [-0.2, -0.15) is 0 Å². The Morgan fingerprint density at radius 3 is 3.05 bits per heavy atom. The third-order valence-corrected chi connectivity index (χ3v) is 4.82. The highest BCUT2D eigenvalue weighted by Crippen LogP contribution is 2.12. The smallest absolute Gasteiger partial charge is 0.226 e. The van der Waals surface area contributed by atoms with Crippen molar-refractivity contribution in [3.63, 3.8) is 0 Å². The maximum absolute atomic E-state index is 12.0. The summed E-state index contributed by atoms with van der Waals surface area (Å²) in [6.07, 6.45) is 5.20. The number of imidazole rings is 1. The molecule has 0 aliphatic carbocycles. The van der Waals surface area contributed by atoms with Gasteiger partial charge >= 0.3 is 0 Å². The molecule has 1 atom stereocenters. The number of aryl methyl sites for hydroxylation is 1. The van der Waals surface area contributed by atoms with Gasteiger partial charge in [-0.25, -0.2) is 13.4 Å². The van der Waals surface area contributed by atoms with Crippen molar-refractivity contribution >= 4 is 21.4 Å². The van der Waals surface area contributed by atoms with Gasteiger partial charge < -0.3 is 9.72 Å². The van der Waals surface area contributed by atoms with Crippen molar-refractivity contribution in [2.45, 2.75) is 19.4 Å². The first-order chi connectivity index (χ1) is 9.94. The summed E-state index contributed by atoms with van der Waals surface area (Å²) >= 11 is 0. The number of aromatic nitrogens is 2. The number of rotatable bonds is 3. The molecule has 0 saturated heterocycles. The molecule has 2 aromatic heterocycles. The number of amides is 1. The molecule has 1 N–H and O–H groups in total. The number of sulfone groups is 1. The van der Waals surface area contributed by atoms with Crippen molar-refractivity contribution < 1.29 is 13.2 Å². The summed E-state index contributed by atoms with van der Waals surface area (Å²) < 4.78 is 24.5. The van der Waals surface area contributed by atoms with Crippen molar-refractivity contribution in [1.29, 1.82) is 0 Å². The van der Waals surface area contributed by atoms with Crippen molar-refractivity contribution in [3.05, 3.63) is 47.3 Å². The van der Waals surface area contributed by atoms with Crippen LogP contribution in [0.1, 0.15) is 11.3 Å². The minimum Gasteiger partial charge on any atom is -0.348 e. The largest absolute Gasteiger partial charge is 0.348 e. The molecule has 0 fully saturated rings. The first-order valence-electron chi connectivity index (χ1n) is 6.56. The Morgan fingerprint density at radius 1 is 1.52 bits per heavy atom. The molecule has 21 heavy (non-hydrogen) atoms. The molecule has 7 heteroatoms. The summed E-state index contributed by atoms with van der Waals surface area (Å²) in [5.74, 6) is -0.282. The zero-order valence-corrected chi connectivity index (χ0v) is 12.3. The maximum atomic E-state index is 12.0. The van der Waals surface area contributed by atoms with E-state index in [-0.39, 0.29) is 18.1 Å². The average molecular weight is 305 g/mol. The van der Waals surface area contributed by atoms with Gasteiger partial charge in [-0.15, -0.1) is 0 Å². The van der Waals surface area contributed by atoms with Crippen LogP contribution in [0.25, 0.3) is 5.65 Å². The van der Waals surface area contributed by atoms with Gasteiger partial charge in [-0.05, 0) is 24.6 Å². The zero-order valence-electron chi connectivity index (χ0n) is 11.5. The first kappa shape index (κ1) is 13.8. The molecule has 0 spiro atoms. The van der Waals surface area contributed by atoms with E-state index in [2.05, 4.69) is 10.3 Å². The molecular formula is C14H15N3O3S. The van der Waals surface area contributed by atoms with Crippen molar-refractivity contribution in [1.82, 2.24) is 14.7 Å². The fraction of sp³-hybridized carbons (Fsp3) is 0.286. The van der Waals surface area contributed by atoms with Crippen LogP contribution in [0, 0.1) is 6.92 Å². The molecule has 0 saturated carbocycles. The third kappa shape index (κ3) is 2.82. The molecule has 3 heterocycles. The monoisotopic (exact) mass is 305 g/mol. The predicted molar refractivity (Wildman–Crippen MR) is 78.5 cm³/mol. The van der Waals surface area contributed by atoms with Crippen LogP contribution in [0.2, 0.25) is 0 Å². The Morgan fingerprint density at radius 2 is 2.33 bits per heavy atom. The lowest BCUT2D eigenvalue weighted by Crippen LogP contribution is -2.36. The van der Waals surface area contributed by atoms with Gasteiger partial charge in [0, 0.05) is 17.8 Å². The number of carbonyl (C=O) groups excluding carboxylic acids is 1. The highest BCUT2D eigenvalue weighted by molar-refractivity contribution is 7.94. The summed E-state index contributed by atoms with van der Waals surface area (Å²) in [5.41, 5.74) is 2.63. The van der Waals surface area contributed by atoms with Gasteiger partial charge in [0.1, 0.15) is 5.65 Å². The van der Waals surface area contributed by atoms with Gasteiger partial charge in [0.15, 0.2) is 9.84 Å². The number of hydrogen-bond donors (Lipinski definition) is 1. The van der Waals surface area contributed by atoms with Crippen LogP contribution in [0.15, 0.2) is 36.0 Å². The van der Waals surface area contributed by atoms with Crippen molar-refractivity contribution in [2.24, 2.45) is 0 Å². The van der Waals surface area contributed by atoms with Gasteiger partial charge in [-0.1, -0.05) is 6.07 Å². The molecule has 0 bridgehead atoms. The van der Waals surface area contributed by atoms with E-state index < -0.39 is 15.9 Å². The fourth-order valence-electron chi connectivity index (χ4n) is 2.42. The fourth-order valence-corrected chi connectivity index (χ4v) is 3.66. The average Bonchev–Trinajstić information content (AvgIpc) is 2.95. The second-order valence-corrected chi connectivity index (χ2v) is 7.07. The van der Waals surface area contributed by atoms with E-state index in [1.165, 1.54) is 6.08 Å². The second kappa shape index (κ2) is 5.00. The summed E-state index contributed by atoms with van der Waals surface area (Å²) in [5, 5.41) is 3.85. The lowest BCUT2D eigenvalue weighted by molar-refractivity contribution is -0.120. The topological polar surface area (TPSA) is 80.5 Å². The number of nitrogens with one attached hydrogen (secondary N) is 1. The summed E-state index contributed by atoms with van der Waals surface area (Å²) in [6, 6.07) is 3.42. The molecule has 6 nitrogen and oxygen atoms in total. The lowest BCUT2D eigenvalue weighted by Gasteiger charge is -2.09. The summed E-state index contributed by atoms with van der Waals surface area (Å²) in [7, 11) is -3.16. The highest BCUT2D eigenvalue weighted by atomic mass is 32.2. The van der Waals surface area contributed by atoms with E-state index >= 15 is 0 Å². The number of fused-ring (bicyclic) bond motifs is 1. The minimum atomic E-state index is -3.16. The van der Waals surface area contributed by atoms with Gasteiger partial charge in [-0.3, -0.25) is 4.79 Å². The van der Waals surface area contributed by atoms with Crippen LogP contribution in [-0.2, 0) is 21.1 Å². The Hall–Kier alpha value is -2.15. The molecule has 110 valence electrons. The van der Waals surface area contributed by atoms with Crippen LogP contribution >= 0.6 is 0 Å². The molecule has 1 aliphatic rings. The lowest BCUT2D eigenvalue weighted by atomic mass is 10.2. The van der Waals surface area contributed by atoms with E-state index in [4.69, 9.17) is 0 Å². The molecular weight excluding hydrogens is 290 g/mol. The van der Waals surface area contributed by atoms with Crippen LogP contribution in [0.5, 0.6) is 0 Å². The predicted octanol–water partition coefficient (Wildman–Crippen LogP) is 0.612. The van der Waals surface area contributed by atoms with Crippen LogP contribution in [-0.4, -0.2) is 35.5 Å². The van der Waals surface area contributed by atoms with E-state index in [1.807, 2.05) is 29.7 Å². The first-order valence-corrected chi connectivity index (χ1v) is 8.28. The molecule has 1 unspecified atom stereocenters. The number of hydrogen-bond acceptors (Lipinski definition) is 4. The van der Waals surface area contributed by atoms with Crippen LogP contribution < -0.4 is 5.32 Å². The zero-order chi connectivity index (χ0) is 15.0. The van der Waals surface area contributed by atoms with Crippen LogP contribution in [0.4, 0.5) is 0 Å². The summed E-state index contributed by atoms with van der Waals surface area (Å²) in [4.78, 5) is 16.3. The Kier molecular flexibility index (Phi) is 3.29. The normalized spacial score (nSPS) is 20.0. The second-order valence-electron chi connectivity index (χ2n) is 5.14. The van der Waals surface area contributed by atoms with Crippen LogP contribution in [0.3, 0.4) is 0 Å². The minimum absolute atomic E-state index is 0.0645.